The molecule has 21 heavy (non-hydrogen) atoms. The molecule has 10 heteroatoms. The molecular formula is C11H9ClN2O6S. The van der Waals surface area contributed by atoms with Gasteiger partial charge in [-0.3, -0.25) is 0 Å². The van der Waals surface area contributed by atoms with Gasteiger partial charge >= 0.3 is 5.97 Å². The maximum Gasteiger partial charge on any atom is 0.339 e. The first kappa shape index (κ1) is 15.3. The summed E-state index contributed by atoms with van der Waals surface area (Å²) >= 11 is 5.78. The summed E-state index contributed by atoms with van der Waals surface area (Å²) in [7, 11) is -2.79. The van der Waals surface area contributed by atoms with Crippen molar-refractivity contribution in [2.75, 3.05) is 7.11 Å². The molecule has 0 aliphatic heterocycles. The molecule has 0 saturated heterocycles. The molecule has 0 radical (unpaired) electrons. The van der Waals surface area contributed by atoms with E-state index in [0.717, 1.165) is 18.5 Å². The molecular weight excluding hydrogens is 324 g/mol. The van der Waals surface area contributed by atoms with E-state index >= 15 is 0 Å². The molecule has 0 amide bonds. The molecule has 1 heterocycles. The van der Waals surface area contributed by atoms with Crippen LogP contribution >= 0.6 is 11.6 Å². The predicted molar refractivity (Wildman–Crippen MR) is 70.2 cm³/mol. The number of carbonyl (C=O) groups is 1. The summed E-state index contributed by atoms with van der Waals surface area (Å²) < 4.78 is 34.1. The zero-order chi connectivity index (χ0) is 15.6. The van der Waals surface area contributed by atoms with E-state index in [2.05, 4.69) is 14.7 Å². The molecule has 0 aliphatic carbocycles. The van der Waals surface area contributed by atoms with E-state index in [0.29, 0.717) is 0 Å². The molecule has 1 N–H and O–H groups in total. The molecule has 0 saturated carbocycles. The van der Waals surface area contributed by atoms with Crippen molar-refractivity contribution in [3.63, 3.8) is 0 Å². The van der Waals surface area contributed by atoms with E-state index in [1.165, 1.54) is 7.11 Å². The molecule has 0 atom stereocenters. The van der Waals surface area contributed by atoms with Crippen LogP contribution in [0.2, 0.25) is 5.02 Å². The molecule has 0 spiro atoms. The van der Waals surface area contributed by atoms with Crippen molar-refractivity contribution in [1.29, 1.82) is 0 Å². The van der Waals surface area contributed by atoms with Crippen LogP contribution in [0.4, 0.5) is 0 Å². The third kappa shape index (κ3) is 3.14. The monoisotopic (exact) mass is 332 g/mol. The summed E-state index contributed by atoms with van der Waals surface area (Å²) in [6, 6.07) is 2.22. The molecule has 0 aliphatic rings. The molecule has 0 bridgehead atoms. The number of carboxylic acid groups (broad SMARTS) is 1. The Hall–Kier alpha value is -2.13. The van der Waals surface area contributed by atoms with Crippen molar-refractivity contribution in [3.8, 4) is 5.75 Å². The predicted octanol–water partition coefficient (Wildman–Crippen LogP) is 1.40. The normalized spacial score (nSPS) is 11.3. The summed E-state index contributed by atoms with van der Waals surface area (Å²) in [6.45, 7) is 0. The third-order valence-corrected chi connectivity index (χ3v) is 4.35. The first-order valence-corrected chi connectivity index (χ1v) is 7.47. The van der Waals surface area contributed by atoms with Gasteiger partial charge in [-0.2, -0.15) is 4.98 Å². The molecule has 0 fully saturated rings. The number of aromatic nitrogens is 2. The number of carboxylic acids is 1. The lowest BCUT2D eigenvalue weighted by atomic mass is 10.2. The molecule has 2 rings (SSSR count). The second-order valence-electron chi connectivity index (χ2n) is 3.90. The van der Waals surface area contributed by atoms with E-state index in [-0.39, 0.29) is 27.1 Å². The van der Waals surface area contributed by atoms with Crippen LogP contribution in [0.25, 0.3) is 0 Å². The third-order valence-electron chi connectivity index (χ3n) is 2.52. The lowest BCUT2D eigenvalue weighted by molar-refractivity contribution is 0.0693. The second kappa shape index (κ2) is 5.70. The number of nitrogens with zero attached hydrogens (tertiary/aromatic N) is 2. The minimum atomic E-state index is -3.96. The number of halogens is 1. The van der Waals surface area contributed by atoms with Crippen molar-refractivity contribution >= 4 is 27.4 Å². The van der Waals surface area contributed by atoms with Crippen molar-refractivity contribution in [2.45, 2.75) is 10.6 Å². The Bertz CT molecular complexity index is 772. The SMILES string of the molecule is COc1c(C(=O)O)cc(Cl)cc1S(=O)(=O)Cc1ncon1. The van der Waals surface area contributed by atoms with Gasteiger partial charge in [0.25, 0.3) is 0 Å². The first-order valence-electron chi connectivity index (χ1n) is 5.44. The van der Waals surface area contributed by atoms with Gasteiger partial charge in [-0.05, 0) is 12.1 Å². The average molecular weight is 333 g/mol. The van der Waals surface area contributed by atoms with Crippen LogP contribution < -0.4 is 4.74 Å². The topological polar surface area (TPSA) is 120 Å². The van der Waals surface area contributed by atoms with E-state index in [1.54, 1.807) is 0 Å². The Morgan fingerprint density at radius 3 is 2.71 bits per heavy atom. The minimum Gasteiger partial charge on any atom is -0.494 e. The standard InChI is InChI=1S/C11H9ClN2O6S/c1-19-10-7(11(15)16)2-6(12)3-8(10)21(17,18)4-9-13-5-20-14-9/h2-3,5H,4H2,1H3,(H,15,16). The quantitative estimate of drug-likeness (QED) is 0.872. The summed E-state index contributed by atoms with van der Waals surface area (Å²) in [6.07, 6.45) is 0.989. The molecule has 2 aromatic rings. The average Bonchev–Trinajstić information content (AvgIpc) is 2.89. The highest BCUT2D eigenvalue weighted by Crippen LogP contribution is 2.33. The Kier molecular flexibility index (Phi) is 4.14. The van der Waals surface area contributed by atoms with Gasteiger partial charge in [0.05, 0.1) is 7.11 Å². The fourth-order valence-electron chi connectivity index (χ4n) is 1.67. The van der Waals surface area contributed by atoms with Gasteiger partial charge in [0, 0.05) is 5.02 Å². The number of hydrogen-bond donors (Lipinski definition) is 1. The summed E-state index contributed by atoms with van der Waals surface area (Å²) in [5, 5.41) is 12.5. The van der Waals surface area contributed by atoms with Gasteiger partial charge in [0.2, 0.25) is 6.39 Å². The number of aromatic carboxylic acids is 1. The smallest absolute Gasteiger partial charge is 0.339 e. The van der Waals surface area contributed by atoms with Crippen molar-refractivity contribution < 1.29 is 27.6 Å². The fraction of sp³-hybridized carbons (Fsp3) is 0.182. The van der Waals surface area contributed by atoms with Crippen LogP contribution in [0.3, 0.4) is 0 Å². The summed E-state index contributed by atoms with van der Waals surface area (Å²) in [4.78, 5) is 14.4. The van der Waals surface area contributed by atoms with Crippen LogP contribution in [0, 0.1) is 0 Å². The number of ether oxygens (including phenoxy) is 1. The zero-order valence-corrected chi connectivity index (χ0v) is 12.2. The number of sulfone groups is 1. The highest BCUT2D eigenvalue weighted by molar-refractivity contribution is 7.90. The van der Waals surface area contributed by atoms with Crippen LogP contribution in [0.5, 0.6) is 5.75 Å². The number of rotatable bonds is 5. The van der Waals surface area contributed by atoms with Crippen molar-refractivity contribution in [2.24, 2.45) is 0 Å². The number of methoxy groups -OCH3 is 1. The summed E-state index contributed by atoms with van der Waals surface area (Å²) in [5.41, 5.74) is -0.350. The maximum absolute atomic E-state index is 12.4. The van der Waals surface area contributed by atoms with E-state index < -0.39 is 21.6 Å². The minimum absolute atomic E-state index is 0.0418. The van der Waals surface area contributed by atoms with Gasteiger partial charge in [0.1, 0.15) is 16.2 Å². The molecule has 0 unspecified atom stereocenters. The molecule has 8 nitrogen and oxygen atoms in total. The zero-order valence-electron chi connectivity index (χ0n) is 10.6. The molecule has 1 aromatic carbocycles. The van der Waals surface area contributed by atoms with Gasteiger partial charge in [-0.15, -0.1) is 0 Å². The van der Waals surface area contributed by atoms with E-state index in [1.807, 2.05) is 0 Å². The highest BCUT2D eigenvalue weighted by Gasteiger charge is 2.27. The molecule has 112 valence electrons. The lowest BCUT2D eigenvalue weighted by Gasteiger charge is -2.12. The second-order valence-corrected chi connectivity index (χ2v) is 6.29. The van der Waals surface area contributed by atoms with Gasteiger partial charge in [-0.25, -0.2) is 13.2 Å². The van der Waals surface area contributed by atoms with Crippen molar-refractivity contribution in [3.05, 3.63) is 34.9 Å². The number of hydrogen-bond acceptors (Lipinski definition) is 7. The van der Waals surface area contributed by atoms with Crippen LogP contribution in [0.15, 0.2) is 27.9 Å². The Balaban J connectivity index is 2.59. The van der Waals surface area contributed by atoms with Gasteiger partial charge in [0.15, 0.2) is 21.4 Å². The van der Waals surface area contributed by atoms with Gasteiger partial charge < -0.3 is 14.4 Å². The first-order chi connectivity index (χ1) is 9.85. The number of benzene rings is 1. The Labute approximate surface area is 124 Å². The lowest BCUT2D eigenvalue weighted by Crippen LogP contribution is -2.11. The van der Waals surface area contributed by atoms with Crippen LogP contribution in [-0.2, 0) is 15.6 Å². The Morgan fingerprint density at radius 1 is 1.48 bits per heavy atom. The van der Waals surface area contributed by atoms with Crippen LogP contribution in [0.1, 0.15) is 16.2 Å². The largest absolute Gasteiger partial charge is 0.494 e. The summed E-state index contributed by atoms with van der Waals surface area (Å²) in [5.74, 6) is -2.28. The highest BCUT2D eigenvalue weighted by atomic mass is 35.5. The molecule has 1 aromatic heterocycles. The maximum atomic E-state index is 12.4. The van der Waals surface area contributed by atoms with Crippen LogP contribution in [-0.4, -0.2) is 36.7 Å². The van der Waals surface area contributed by atoms with Crippen molar-refractivity contribution in [1.82, 2.24) is 10.1 Å². The Morgan fingerprint density at radius 2 is 2.19 bits per heavy atom. The van der Waals surface area contributed by atoms with E-state index in [4.69, 9.17) is 21.4 Å². The fourth-order valence-corrected chi connectivity index (χ4v) is 3.36. The van der Waals surface area contributed by atoms with Gasteiger partial charge in [-0.1, -0.05) is 16.8 Å². The van der Waals surface area contributed by atoms with E-state index in [9.17, 15) is 13.2 Å².